The summed E-state index contributed by atoms with van der Waals surface area (Å²) in [5.41, 5.74) is 1.14. The second-order valence-corrected chi connectivity index (χ2v) is 5.56. The molecule has 1 aromatic carbocycles. The van der Waals surface area contributed by atoms with Crippen molar-refractivity contribution in [2.75, 3.05) is 0 Å². The molecule has 2 aliphatic rings. The Kier molecular flexibility index (Phi) is 3.19. The largest absolute Gasteiger partial charge is 0.504 e. The standard InChI is InChI=1S/C15H19NO3/c17-13-8-6-10-11(15(13)19)5-7-12(14(10)18)16-9-3-1-2-4-9/h6,8-9,12,16-17,19H,1-5,7H2. The Balaban J connectivity index is 1.81. The summed E-state index contributed by atoms with van der Waals surface area (Å²) >= 11 is 0. The van der Waals surface area contributed by atoms with Gasteiger partial charge in [0.15, 0.2) is 17.3 Å². The molecule has 3 N–H and O–H groups in total. The van der Waals surface area contributed by atoms with E-state index in [4.69, 9.17) is 0 Å². The summed E-state index contributed by atoms with van der Waals surface area (Å²) in [6, 6.07) is 3.33. The van der Waals surface area contributed by atoms with Crippen molar-refractivity contribution in [2.24, 2.45) is 0 Å². The summed E-state index contributed by atoms with van der Waals surface area (Å²) in [6.07, 6.45) is 6.10. The molecule has 1 saturated carbocycles. The predicted molar refractivity (Wildman–Crippen MR) is 71.6 cm³/mol. The number of carbonyl (C=O) groups excluding carboxylic acids is 1. The Labute approximate surface area is 112 Å². The summed E-state index contributed by atoms with van der Waals surface area (Å²) < 4.78 is 0. The van der Waals surface area contributed by atoms with Crippen molar-refractivity contribution in [3.63, 3.8) is 0 Å². The van der Waals surface area contributed by atoms with Crippen molar-refractivity contribution in [2.45, 2.75) is 50.6 Å². The number of phenols is 2. The molecule has 1 atom stereocenters. The number of aromatic hydroxyl groups is 2. The fourth-order valence-electron chi connectivity index (χ4n) is 3.25. The lowest BCUT2D eigenvalue weighted by Gasteiger charge is -2.27. The van der Waals surface area contributed by atoms with E-state index in [9.17, 15) is 15.0 Å². The van der Waals surface area contributed by atoms with Crippen molar-refractivity contribution in [1.29, 1.82) is 0 Å². The topological polar surface area (TPSA) is 69.6 Å². The Morgan fingerprint density at radius 2 is 1.84 bits per heavy atom. The molecule has 0 amide bonds. The maximum Gasteiger partial charge on any atom is 0.180 e. The van der Waals surface area contributed by atoms with Crippen molar-refractivity contribution in [3.8, 4) is 11.5 Å². The van der Waals surface area contributed by atoms with Crippen LogP contribution in [0.4, 0.5) is 0 Å². The number of fused-ring (bicyclic) bond motifs is 1. The number of hydrogen-bond donors (Lipinski definition) is 3. The van der Waals surface area contributed by atoms with Crippen molar-refractivity contribution in [1.82, 2.24) is 5.32 Å². The van der Waals surface area contributed by atoms with Gasteiger partial charge in [-0.25, -0.2) is 0 Å². The summed E-state index contributed by atoms with van der Waals surface area (Å²) in [4.78, 5) is 12.4. The maximum atomic E-state index is 12.4. The van der Waals surface area contributed by atoms with E-state index in [0.717, 1.165) is 12.8 Å². The Morgan fingerprint density at radius 3 is 2.58 bits per heavy atom. The molecular formula is C15H19NO3. The van der Waals surface area contributed by atoms with Gasteiger partial charge in [0.1, 0.15) is 0 Å². The molecule has 1 fully saturated rings. The van der Waals surface area contributed by atoms with Gasteiger partial charge in [0.05, 0.1) is 6.04 Å². The molecule has 0 spiro atoms. The van der Waals surface area contributed by atoms with E-state index >= 15 is 0 Å². The molecule has 0 aliphatic heterocycles. The van der Waals surface area contributed by atoms with E-state index in [1.807, 2.05) is 0 Å². The van der Waals surface area contributed by atoms with Crippen LogP contribution in [-0.2, 0) is 6.42 Å². The molecule has 4 nitrogen and oxygen atoms in total. The Hall–Kier alpha value is -1.55. The van der Waals surface area contributed by atoms with Crippen LogP contribution in [0.2, 0.25) is 0 Å². The van der Waals surface area contributed by atoms with Crippen molar-refractivity contribution in [3.05, 3.63) is 23.3 Å². The molecule has 19 heavy (non-hydrogen) atoms. The second-order valence-electron chi connectivity index (χ2n) is 5.56. The first-order valence-corrected chi connectivity index (χ1v) is 7.01. The molecular weight excluding hydrogens is 242 g/mol. The molecule has 102 valence electrons. The monoisotopic (exact) mass is 261 g/mol. The minimum absolute atomic E-state index is 0.0449. The number of phenolic OH excluding ortho intramolecular Hbond substituents is 2. The highest BCUT2D eigenvalue weighted by molar-refractivity contribution is 6.03. The number of Topliss-reactive ketones (excluding diaryl/α,β-unsaturated/α-hetero) is 1. The summed E-state index contributed by atoms with van der Waals surface area (Å²) in [5, 5.41) is 22.7. The first-order valence-electron chi connectivity index (χ1n) is 7.01. The third-order valence-corrected chi connectivity index (χ3v) is 4.32. The van der Waals surface area contributed by atoms with Gasteiger partial charge in [-0.3, -0.25) is 4.79 Å². The summed E-state index contributed by atoms with van der Waals surface area (Å²) in [7, 11) is 0. The lowest BCUT2D eigenvalue weighted by atomic mass is 9.86. The van der Waals surface area contributed by atoms with Gasteiger partial charge >= 0.3 is 0 Å². The van der Waals surface area contributed by atoms with Crippen LogP contribution in [0.15, 0.2) is 12.1 Å². The SMILES string of the molecule is O=C1c2ccc(O)c(O)c2CCC1NC1CCCC1. The van der Waals surface area contributed by atoms with E-state index in [2.05, 4.69) is 5.32 Å². The van der Waals surface area contributed by atoms with E-state index in [1.54, 1.807) is 6.07 Å². The number of nitrogens with one attached hydrogen (secondary N) is 1. The first kappa shape index (κ1) is 12.5. The maximum absolute atomic E-state index is 12.4. The molecule has 3 rings (SSSR count). The Morgan fingerprint density at radius 1 is 1.11 bits per heavy atom. The molecule has 0 radical (unpaired) electrons. The molecule has 0 saturated heterocycles. The molecule has 1 aromatic rings. The smallest absolute Gasteiger partial charge is 0.180 e. The first-order chi connectivity index (χ1) is 9.16. The zero-order chi connectivity index (χ0) is 13.4. The molecule has 1 unspecified atom stereocenters. The minimum atomic E-state index is -0.145. The van der Waals surface area contributed by atoms with Crippen LogP contribution in [-0.4, -0.2) is 28.1 Å². The fraction of sp³-hybridized carbons (Fsp3) is 0.533. The van der Waals surface area contributed by atoms with E-state index in [1.165, 1.54) is 18.9 Å². The van der Waals surface area contributed by atoms with Crippen LogP contribution in [0.25, 0.3) is 0 Å². The fourth-order valence-corrected chi connectivity index (χ4v) is 3.25. The minimum Gasteiger partial charge on any atom is -0.504 e. The van der Waals surface area contributed by atoms with Crippen LogP contribution < -0.4 is 5.32 Å². The molecule has 0 bridgehead atoms. The highest BCUT2D eigenvalue weighted by Crippen LogP contribution is 2.36. The third kappa shape index (κ3) is 2.21. The van der Waals surface area contributed by atoms with Crippen LogP contribution in [0, 0.1) is 0 Å². The van der Waals surface area contributed by atoms with Gasteiger partial charge in [-0.1, -0.05) is 12.8 Å². The molecule has 0 heterocycles. The van der Waals surface area contributed by atoms with Gasteiger partial charge in [0.25, 0.3) is 0 Å². The average Bonchev–Trinajstić information content (AvgIpc) is 2.90. The lowest BCUT2D eigenvalue weighted by molar-refractivity contribution is 0.0919. The second kappa shape index (κ2) is 4.85. The highest BCUT2D eigenvalue weighted by Gasteiger charge is 2.31. The highest BCUT2D eigenvalue weighted by atomic mass is 16.3. The number of rotatable bonds is 2. The van der Waals surface area contributed by atoms with Gasteiger partial charge in [0.2, 0.25) is 0 Å². The van der Waals surface area contributed by atoms with Crippen LogP contribution >= 0.6 is 0 Å². The van der Waals surface area contributed by atoms with E-state index in [-0.39, 0.29) is 23.3 Å². The number of hydrogen-bond acceptors (Lipinski definition) is 4. The normalized spacial score (nSPS) is 23.6. The summed E-state index contributed by atoms with van der Waals surface area (Å²) in [6.45, 7) is 0. The van der Waals surface area contributed by atoms with Crippen LogP contribution in [0.5, 0.6) is 11.5 Å². The van der Waals surface area contributed by atoms with Crippen molar-refractivity contribution < 1.29 is 15.0 Å². The number of benzene rings is 1. The Bertz CT molecular complexity index is 506. The third-order valence-electron chi connectivity index (χ3n) is 4.32. The average molecular weight is 261 g/mol. The zero-order valence-electron chi connectivity index (χ0n) is 10.9. The number of carbonyl (C=O) groups is 1. The summed E-state index contributed by atoms with van der Waals surface area (Å²) in [5.74, 6) is -0.234. The van der Waals surface area contributed by atoms with Gasteiger partial charge in [-0.2, -0.15) is 0 Å². The number of ketones is 1. The van der Waals surface area contributed by atoms with Gasteiger partial charge in [-0.15, -0.1) is 0 Å². The predicted octanol–water partition coefficient (Wildman–Crippen LogP) is 2.13. The van der Waals surface area contributed by atoms with E-state index in [0.29, 0.717) is 30.0 Å². The molecule has 2 aliphatic carbocycles. The van der Waals surface area contributed by atoms with Crippen LogP contribution in [0.1, 0.15) is 48.0 Å². The van der Waals surface area contributed by atoms with Crippen molar-refractivity contribution >= 4 is 5.78 Å². The van der Waals surface area contributed by atoms with Gasteiger partial charge in [0, 0.05) is 17.2 Å². The van der Waals surface area contributed by atoms with Gasteiger partial charge in [-0.05, 0) is 37.8 Å². The lowest BCUT2D eigenvalue weighted by Crippen LogP contribution is -2.44. The van der Waals surface area contributed by atoms with Gasteiger partial charge < -0.3 is 15.5 Å². The zero-order valence-corrected chi connectivity index (χ0v) is 10.9. The quantitative estimate of drug-likeness (QED) is 0.713. The van der Waals surface area contributed by atoms with Crippen LogP contribution in [0.3, 0.4) is 0 Å². The molecule has 0 aromatic heterocycles. The van der Waals surface area contributed by atoms with E-state index < -0.39 is 0 Å². The molecule has 4 heteroatoms.